The van der Waals surface area contributed by atoms with Gasteiger partial charge in [-0.1, -0.05) is 38.1 Å². The minimum atomic E-state index is 0.124. The third-order valence-corrected chi connectivity index (χ3v) is 5.80. The SMILES string of the molecule is CCC(C)N(C(=O)Cn1c(COc2cccc(C)c2)nc2ccccc21)C(C)CC. The van der Waals surface area contributed by atoms with E-state index < -0.39 is 0 Å². The van der Waals surface area contributed by atoms with Crippen molar-refractivity contribution in [2.24, 2.45) is 0 Å². The minimum Gasteiger partial charge on any atom is -0.486 e. The number of nitrogens with zero attached hydrogens (tertiary/aromatic N) is 3. The van der Waals surface area contributed by atoms with Crippen LogP contribution in [-0.4, -0.2) is 32.4 Å². The van der Waals surface area contributed by atoms with Gasteiger partial charge in [-0.05, 0) is 63.4 Å². The summed E-state index contributed by atoms with van der Waals surface area (Å²) in [4.78, 5) is 20.2. The van der Waals surface area contributed by atoms with Gasteiger partial charge in [0.25, 0.3) is 0 Å². The van der Waals surface area contributed by atoms with Crippen LogP contribution < -0.4 is 4.74 Å². The lowest BCUT2D eigenvalue weighted by Crippen LogP contribution is -2.45. The fourth-order valence-electron chi connectivity index (χ4n) is 3.80. The van der Waals surface area contributed by atoms with Crippen molar-refractivity contribution in [3.8, 4) is 5.75 Å². The summed E-state index contributed by atoms with van der Waals surface area (Å²) in [5.41, 5.74) is 2.99. The molecule has 0 aliphatic carbocycles. The largest absolute Gasteiger partial charge is 0.486 e. The number of hydrogen-bond donors (Lipinski definition) is 0. The zero-order valence-corrected chi connectivity index (χ0v) is 18.8. The molecular formula is C25H33N3O2. The summed E-state index contributed by atoms with van der Waals surface area (Å²) in [6.07, 6.45) is 1.87. The van der Waals surface area contributed by atoms with Gasteiger partial charge in [-0.3, -0.25) is 4.79 Å². The molecule has 0 radical (unpaired) electrons. The second kappa shape index (κ2) is 9.79. The second-order valence-electron chi connectivity index (χ2n) is 8.02. The number of aromatic nitrogens is 2. The number of aryl methyl sites for hydroxylation is 1. The first-order valence-electron chi connectivity index (χ1n) is 10.9. The molecule has 3 aromatic rings. The average Bonchev–Trinajstić information content (AvgIpc) is 3.09. The molecule has 0 saturated carbocycles. The second-order valence-corrected chi connectivity index (χ2v) is 8.02. The lowest BCUT2D eigenvalue weighted by atomic mass is 10.1. The smallest absolute Gasteiger partial charge is 0.243 e. The van der Waals surface area contributed by atoms with E-state index >= 15 is 0 Å². The Kier molecular flexibility index (Phi) is 7.14. The van der Waals surface area contributed by atoms with Crippen LogP contribution in [0.1, 0.15) is 51.9 Å². The molecule has 1 aromatic heterocycles. The minimum absolute atomic E-state index is 0.124. The van der Waals surface area contributed by atoms with Crippen molar-refractivity contribution >= 4 is 16.9 Å². The van der Waals surface area contributed by atoms with Crippen molar-refractivity contribution in [3.63, 3.8) is 0 Å². The molecule has 5 heteroatoms. The standard InChI is InChI=1S/C25H33N3O2/c1-6-19(4)28(20(5)7-2)25(29)16-27-23-14-9-8-13-22(23)26-24(27)17-30-21-12-10-11-18(3)15-21/h8-15,19-20H,6-7,16-17H2,1-5H3. The molecule has 0 saturated heterocycles. The third kappa shape index (κ3) is 4.84. The first-order valence-corrected chi connectivity index (χ1v) is 10.9. The van der Waals surface area contributed by atoms with E-state index in [1.54, 1.807) is 0 Å². The Morgan fingerprint density at radius 2 is 1.77 bits per heavy atom. The molecule has 0 spiro atoms. The van der Waals surface area contributed by atoms with Gasteiger partial charge in [0.2, 0.25) is 5.91 Å². The highest BCUT2D eigenvalue weighted by molar-refractivity contribution is 5.81. The molecule has 1 amide bonds. The van der Waals surface area contributed by atoms with Gasteiger partial charge in [-0.15, -0.1) is 0 Å². The van der Waals surface area contributed by atoms with Crippen molar-refractivity contribution in [3.05, 3.63) is 59.9 Å². The molecule has 5 nitrogen and oxygen atoms in total. The summed E-state index contributed by atoms with van der Waals surface area (Å²) in [5, 5.41) is 0. The molecule has 3 rings (SSSR count). The molecule has 2 unspecified atom stereocenters. The number of ether oxygens (including phenoxy) is 1. The van der Waals surface area contributed by atoms with Crippen LogP contribution in [0.3, 0.4) is 0 Å². The van der Waals surface area contributed by atoms with E-state index in [0.717, 1.165) is 41.0 Å². The normalized spacial score (nSPS) is 13.2. The molecule has 1 heterocycles. The Morgan fingerprint density at radius 1 is 1.07 bits per heavy atom. The third-order valence-electron chi connectivity index (χ3n) is 5.80. The maximum Gasteiger partial charge on any atom is 0.243 e. The average molecular weight is 408 g/mol. The van der Waals surface area contributed by atoms with Gasteiger partial charge in [-0.2, -0.15) is 0 Å². The van der Waals surface area contributed by atoms with Crippen LogP contribution >= 0.6 is 0 Å². The molecule has 0 aliphatic heterocycles. The summed E-state index contributed by atoms with van der Waals surface area (Å²) < 4.78 is 8.02. The maximum atomic E-state index is 13.4. The van der Waals surface area contributed by atoms with E-state index in [1.807, 2.05) is 64.9 Å². The number of hydrogen-bond acceptors (Lipinski definition) is 3. The Bertz CT molecular complexity index is 985. The lowest BCUT2D eigenvalue weighted by Gasteiger charge is -2.34. The Labute approximate surface area is 179 Å². The summed E-state index contributed by atoms with van der Waals surface area (Å²) in [6, 6.07) is 16.3. The first-order chi connectivity index (χ1) is 14.4. The molecule has 2 atom stereocenters. The molecule has 0 aliphatic rings. The molecule has 0 N–H and O–H groups in total. The predicted molar refractivity (Wildman–Crippen MR) is 122 cm³/mol. The van der Waals surface area contributed by atoms with Gasteiger partial charge in [0.1, 0.15) is 24.7 Å². The molecule has 0 bridgehead atoms. The molecule has 0 fully saturated rings. The number of carbonyl (C=O) groups excluding carboxylic acids is 1. The van der Waals surface area contributed by atoms with Gasteiger partial charge in [0.15, 0.2) is 0 Å². The van der Waals surface area contributed by atoms with Crippen LogP contribution in [-0.2, 0) is 17.9 Å². The molecule has 2 aromatic carbocycles. The van der Waals surface area contributed by atoms with E-state index in [2.05, 4.69) is 27.7 Å². The van der Waals surface area contributed by atoms with Crippen LogP contribution in [0.15, 0.2) is 48.5 Å². The topological polar surface area (TPSA) is 47.4 Å². The zero-order valence-electron chi connectivity index (χ0n) is 18.8. The quantitative estimate of drug-likeness (QED) is 0.480. The number of rotatable bonds is 9. The van der Waals surface area contributed by atoms with Gasteiger partial charge in [0, 0.05) is 12.1 Å². The van der Waals surface area contributed by atoms with Crippen molar-refractivity contribution < 1.29 is 9.53 Å². The van der Waals surface area contributed by atoms with E-state index in [9.17, 15) is 4.79 Å². The van der Waals surface area contributed by atoms with Crippen molar-refractivity contribution in [2.75, 3.05) is 0 Å². The number of amides is 1. The van der Waals surface area contributed by atoms with E-state index in [4.69, 9.17) is 9.72 Å². The predicted octanol–water partition coefficient (Wildman–Crippen LogP) is 5.35. The van der Waals surface area contributed by atoms with Crippen LogP contribution in [0.4, 0.5) is 0 Å². The molecule has 160 valence electrons. The fraction of sp³-hybridized carbons (Fsp3) is 0.440. The monoisotopic (exact) mass is 407 g/mol. The summed E-state index contributed by atoms with van der Waals surface area (Å²) in [5.74, 6) is 1.69. The number of fused-ring (bicyclic) bond motifs is 1. The van der Waals surface area contributed by atoms with E-state index in [-0.39, 0.29) is 24.5 Å². The van der Waals surface area contributed by atoms with Gasteiger partial charge < -0.3 is 14.2 Å². The van der Waals surface area contributed by atoms with E-state index in [1.165, 1.54) is 0 Å². The highest BCUT2D eigenvalue weighted by Gasteiger charge is 2.25. The van der Waals surface area contributed by atoms with Crippen LogP contribution in [0, 0.1) is 6.92 Å². The highest BCUT2D eigenvalue weighted by Crippen LogP contribution is 2.21. The lowest BCUT2D eigenvalue weighted by molar-refractivity contribution is -0.136. The van der Waals surface area contributed by atoms with E-state index in [0.29, 0.717) is 6.61 Å². The summed E-state index contributed by atoms with van der Waals surface area (Å²) in [7, 11) is 0. The van der Waals surface area contributed by atoms with Crippen molar-refractivity contribution in [1.29, 1.82) is 0 Å². The summed E-state index contributed by atoms with van der Waals surface area (Å²) >= 11 is 0. The van der Waals surface area contributed by atoms with Crippen molar-refractivity contribution in [2.45, 2.75) is 72.7 Å². The summed E-state index contributed by atoms with van der Waals surface area (Å²) in [6.45, 7) is 11.1. The Balaban J connectivity index is 1.89. The highest BCUT2D eigenvalue weighted by atomic mass is 16.5. The number of benzene rings is 2. The Morgan fingerprint density at radius 3 is 2.43 bits per heavy atom. The van der Waals surface area contributed by atoms with Crippen LogP contribution in [0.2, 0.25) is 0 Å². The maximum absolute atomic E-state index is 13.4. The zero-order chi connectivity index (χ0) is 21.7. The van der Waals surface area contributed by atoms with Crippen LogP contribution in [0.5, 0.6) is 5.75 Å². The number of imidazole rings is 1. The number of para-hydroxylation sites is 2. The first kappa shape index (κ1) is 21.9. The molecular weight excluding hydrogens is 374 g/mol. The van der Waals surface area contributed by atoms with Gasteiger partial charge in [-0.25, -0.2) is 4.98 Å². The molecule has 30 heavy (non-hydrogen) atoms. The fourth-order valence-corrected chi connectivity index (χ4v) is 3.80. The van der Waals surface area contributed by atoms with Crippen molar-refractivity contribution in [1.82, 2.24) is 14.5 Å². The van der Waals surface area contributed by atoms with Gasteiger partial charge >= 0.3 is 0 Å². The number of carbonyl (C=O) groups is 1. The van der Waals surface area contributed by atoms with Gasteiger partial charge in [0.05, 0.1) is 11.0 Å². The Hall–Kier alpha value is -2.82. The van der Waals surface area contributed by atoms with Crippen LogP contribution in [0.25, 0.3) is 11.0 Å².